The van der Waals surface area contributed by atoms with Gasteiger partial charge in [0.15, 0.2) is 0 Å². The van der Waals surface area contributed by atoms with E-state index in [1.54, 1.807) is 0 Å². The molecule has 0 radical (unpaired) electrons. The summed E-state index contributed by atoms with van der Waals surface area (Å²) in [5.74, 6) is 0.528. The zero-order valence-corrected chi connectivity index (χ0v) is 10.9. The van der Waals surface area contributed by atoms with Crippen LogP contribution >= 0.6 is 22.9 Å². The first-order valence-corrected chi connectivity index (χ1v) is 6.93. The number of carbonyl (C=O) groups excluding carboxylic acids is 1. The molecule has 1 amide bonds. The fourth-order valence-electron chi connectivity index (χ4n) is 1.85. The highest BCUT2D eigenvalue weighted by Crippen LogP contribution is 2.26. The van der Waals surface area contributed by atoms with E-state index in [1.807, 2.05) is 17.2 Å². The SMILES string of the molecule is Cc1nc(C(=O)N(CCCl)C2CCC2)cs1. The highest BCUT2D eigenvalue weighted by Gasteiger charge is 2.29. The molecule has 0 aromatic carbocycles. The Labute approximate surface area is 104 Å². The first kappa shape index (κ1) is 11.9. The summed E-state index contributed by atoms with van der Waals surface area (Å²) in [4.78, 5) is 18.3. The van der Waals surface area contributed by atoms with Crippen LogP contribution in [0.2, 0.25) is 0 Å². The number of thiazole rings is 1. The number of halogens is 1. The third-order valence-electron chi connectivity index (χ3n) is 2.94. The highest BCUT2D eigenvalue weighted by molar-refractivity contribution is 7.09. The first-order valence-electron chi connectivity index (χ1n) is 5.51. The van der Waals surface area contributed by atoms with Gasteiger partial charge in [-0.3, -0.25) is 4.79 Å². The summed E-state index contributed by atoms with van der Waals surface area (Å²) in [6.07, 6.45) is 3.42. The minimum atomic E-state index is 0.0368. The maximum Gasteiger partial charge on any atom is 0.273 e. The monoisotopic (exact) mass is 258 g/mol. The van der Waals surface area contributed by atoms with Crippen molar-refractivity contribution in [1.82, 2.24) is 9.88 Å². The topological polar surface area (TPSA) is 33.2 Å². The van der Waals surface area contributed by atoms with Gasteiger partial charge in [0.25, 0.3) is 5.91 Å². The van der Waals surface area contributed by atoms with Gasteiger partial charge in [-0.2, -0.15) is 0 Å². The van der Waals surface area contributed by atoms with E-state index >= 15 is 0 Å². The minimum absolute atomic E-state index is 0.0368. The molecule has 88 valence electrons. The number of nitrogens with zero attached hydrogens (tertiary/aromatic N) is 2. The predicted molar refractivity (Wildman–Crippen MR) is 66.2 cm³/mol. The van der Waals surface area contributed by atoms with Crippen LogP contribution in [0.15, 0.2) is 5.38 Å². The Bertz CT molecular complexity index is 376. The van der Waals surface area contributed by atoms with Crippen molar-refractivity contribution in [3.8, 4) is 0 Å². The third kappa shape index (κ3) is 2.38. The Hall–Kier alpha value is -0.610. The molecular formula is C11H15ClN2OS. The first-order chi connectivity index (χ1) is 7.72. The van der Waals surface area contributed by atoms with Crippen LogP contribution in [0.5, 0.6) is 0 Å². The normalized spacial score (nSPS) is 15.9. The summed E-state index contributed by atoms with van der Waals surface area (Å²) >= 11 is 7.26. The molecule has 0 spiro atoms. The number of amides is 1. The maximum atomic E-state index is 12.2. The Balaban J connectivity index is 2.09. The molecule has 1 saturated carbocycles. The largest absolute Gasteiger partial charge is 0.333 e. The van der Waals surface area contributed by atoms with Crippen molar-refractivity contribution in [1.29, 1.82) is 0 Å². The lowest BCUT2D eigenvalue weighted by Gasteiger charge is -2.36. The number of aromatic nitrogens is 1. The average molecular weight is 259 g/mol. The van der Waals surface area contributed by atoms with Gasteiger partial charge in [0.1, 0.15) is 5.69 Å². The molecule has 0 aliphatic heterocycles. The predicted octanol–water partition coefficient (Wildman–Crippen LogP) is 2.69. The van der Waals surface area contributed by atoms with Crippen molar-refractivity contribution in [3.05, 3.63) is 16.1 Å². The summed E-state index contributed by atoms with van der Waals surface area (Å²) in [6, 6.07) is 0.383. The lowest BCUT2D eigenvalue weighted by Crippen LogP contribution is -2.45. The second-order valence-electron chi connectivity index (χ2n) is 4.02. The van der Waals surface area contributed by atoms with Gasteiger partial charge in [0.2, 0.25) is 0 Å². The number of carbonyl (C=O) groups is 1. The van der Waals surface area contributed by atoms with Gasteiger partial charge in [-0.1, -0.05) is 0 Å². The van der Waals surface area contributed by atoms with E-state index in [9.17, 15) is 4.79 Å². The molecule has 1 aliphatic carbocycles. The summed E-state index contributed by atoms with van der Waals surface area (Å²) < 4.78 is 0. The number of aryl methyl sites for hydroxylation is 1. The van der Waals surface area contributed by atoms with Crippen LogP contribution in [0.3, 0.4) is 0 Å². The van der Waals surface area contributed by atoms with Gasteiger partial charge < -0.3 is 4.90 Å². The Morgan fingerprint density at radius 1 is 1.69 bits per heavy atom. The number of alkyl halides is 1. The summed E-state index contributed by atoms with van der Waals surface area (Å²) in [7, 11) is 0. The molecule has 16 heavy (non-hydrogen) atoms. The highest BCUT2D eigenvalue weighted by atomic mass is 35.5. The van der Waals surface area contributed by atoms with Gasteiger partial charge in [-0.05, 0) is 26.2 Å². The molecule has 0 saturated heterocycles. The van der Waals surface area contributed by atoms with E-state index in [0.717, 1.165) is 17.8 Å². The van der Waals surface area contributed by atoms with Crippen LogP contribution in [0.25, 0.3) is 0 Å². The molecule has 2 rings (SSSR count). The van der Waals surface area contributed by atoms with Gasteiger partial charge >= 0.3 is 0 Å². The fourth-order valence-corrected chi connectivity index (χ4v) is 2.62. The van der Waals surface area contributed by atoms with Crippen molar-refractivity contribution in [2.24, 2.45) is 0 Å². The van der Waals surface area contributed by atoms with E-state index in [2.05, 4.69) is 4.98 Å². The lowest BCUT2D eigenvalue weighted by molar-refractivity contribution is 0.0592. The quantitative estimate of drug-likeness (QED) is 0.778. The molecule has 0 atom stereocenters. The number of rotatable bonds is 4. The minimum Gasteiger partial charge on any atom is -0.333 e. The molecule has 0 N–H and O–H groups in total. The number of hydrogen-bond acceptors (Lipinski definition) is 3. The van der Waals surface area contributed by atoms with Gasteiger partial charge in [-0.15, -0.1) is 22.9 Å². The van der Waals surface area contributed by atoms with Crippen LogP contribution in [0.4, 0.5) is 0 Å². The van der Waals surface area contributed by atoms with E-state index in [-0.39, 0.29) is 5.91 Å². The third-order valence-corrected chi connectivity index (χ3v) is 3.88. The second kappa shape index (κ2) is 5.15. The maximum absolute atomic E-state index is 12.2. The van der Waals surface area contributed by atoms with Crippen LogP contribution in [0, 0.1) is 6.92 Å². The van der Waals surface area contributed by atoms with Crippen LogP contribution in [0.1, 0.15) is 34.8 Å². The summed E-state index contributed by atoms with van der Waals surface area (Å²) in [6.45, 7) is 2.54. The van der Waals surface area contributed by atoms with Gasteiger partial charge in [-0.25, -0.2) is 4.98 Å². The van der Waals surface area contributed by atoms with Crippen LogP contribution in [-0.2, 0) is 0 Å². The molecule has 1 aromatic heterocycles. The van der Waals surface area contributed by atoms with E-state index in [1.165, 1.54) is 17.8 Å². The second-order valence-corrected chi connectivity index (χ2v) is 5.46. The van der Waals surface area contributed by atoms with Gasteiger partial charge in [0, 0.05) is 23.8 Å². The molecule has 1 fully saturated rings. The molecule has 3 nitrogen and oxygen atoms in total. The summed E-state index contributed by atoms with van der Waals surface area (Å²) in [5, 5.41) is 2.76. The van der Waals surface area contributed by atoms with Crippen molar-refractivity contribution in [2.45, 2.75) is 32.2 Å². The van der Waals surface area contributed by atoms with E-state index in [0.29, 0.717) is 24.2 Å². The number of hydrogen-bond donors (Lipinski definition) is 0. The fraction of sp³-hybridized carbons (Fsp3) is 0.636. The van der Waals surface area contributed by atoms with Crippen molar-refractivity contribution in [2.75, 3.05) is 12.4 Å². The smallest absolute Gasteiger partial charge is 0.273 e. The van der Waals surface area contributed by atoms with Gasteiger partial charge in [0.05, 0.1) is 5.01 Å². The zero-order chi connectivity index (χ0) is 11.5. The average Bonchev–Trinajstić information content (AvgIpc) is 2.60. The molecule has 1 aromatic rings. The lowest BCUT2D eigenvalue weighted by atomic mass is 9.91. The molecule has 1 aliphatic rings. The molecule has 1 heterocycles. The molecular weight excluding hydrogens is 244 g/mol. The van der Waals surface area contributed by atoms with Crippen LogP contribution in [-0.4, -0.2) is 34.3 Å². The van der Waals surface area contributed by atoms with Crippen molar-refractivity contribution < 1.29 is 4.79 Å². The Kier molecular flexibility index (Phi) is 3.82. The Morgan fingerprint density at radius 3 is 2.88 bits per heavy atom. The molecule has 0 unspecified atom stereocenters. The zero-order valence-electron chi connectivity index (χ0n) is 9.28. The standard InChI is InChI=1S/C11H15ClN2OS/c1-8-13-10(7-16-8)11(15)14(6-5-12)9-3-2-4-9/h7,9H,2-6H2,1H3. The molecule has 5 heteroatoms. The van der Waals surface area contributed by atoms with E-state index < -0.39 is 0 Å². The molecule has 0 bridgehead atoms. The summed E-state index contributed by atoms with van der Waals surface area (Å²) in [5.41, 5.74) is 0.569. The van der Waals surface area contributed by atoms with Crippen LogP contribution < -0.4 is 0 Å². The van der Waals surface area contributed by atoms with Crippen molar-refractivity contribution >= 4 is 28.8 Å². The Morgan fingerprint density at radius 2 is 2.44 bits per heavy atom. The van der Waals surface area contributed by atoms with E-state index in [4.69, 9.17) is 11.6 Å². The van der Waals surface area contributed by atoms with Crippen molar-refractivity contribution in [3.63, 3.8) is 0 Å².